The zero-order valence-electron chi connectivity index (χ0n) is 9.54. The lowest BCUT2D eigenvalue weighted by Crippen LogP contribution is -2.30. The molecule has 84 valence electrons. The van der Waals surface area contributed by atoms with Crippen LogP contribution in [0.25, 0.3) is 0 Å². The second-order valence-corrected chi connectivity index (χ2v) is 4.30. The maximum absolute atomic E-state index is 11.4. The van der Waals surface area contributed by atoms with Crippen molar-refractivity contribution in [3.05, 3.63) is 32.6 Å². The van der Waals surface area contributed by atoms with Crippen molar-refractivity contribution in [2.45, 2.75) is 40.2 Å². The first kappa shape index (κ1) is 11.8. The van der Waals surface area contributed by atoms with Gasteiger partial charge in [-0.2, -0.15) is 0 Å². The summed E-state index contributed by atoms with van der Waals surface area (Å²) >= 11 is 0. The van der Waals surface area contributed by atoms with E-state index in [9.17, 15) is 9.59 Å². The molecule has 0 saturated carbocycles. The zero-order chi connectivity index (χ0) is 11.4. The molecule has 0 aromatic carbocycles. The predicted molar refractivity (Wildman–Crippen MR) is 60.1 cm³/mol. The summed E-state index contributed by atoms with van der Waals surface area (Å²) in [7, 11) is 0. The molecule has 1 heterocycles. The molecule has 1 aromatic heterocycles. The zero-order valence-corrected chi connectivity index (χ0v) is 9.54. The summed E-state index contributed by atoms with van der Waals surface area (Å²) in [5.74, 6) is 0.643. The molecule has 1 aromatic rings. The van der Waals surface area contributed by atoms with Crippen molar-refractivity contribution in [3.8, 4) is 0 Å². The molecule has 0 radical (unpaired) electrons. The Morgan fingerprint density at radius 3 is 2.67 bits per heavy atom. The fourth-order valence-electron chi connectivity index (χ4n) is 1.45. The third-order valence-corrected chi connectivity index (χ3v) is 2.37. The summed E-state index contributed by atoms with van der Waals surface area (Å²) in [5.41, 5.74) is -0.0198. The Morgan fingerprint density at radius 2 is 2.07 bits per heavy atom. The number of aryl methyl sites for hydroxylation is 2. The van der Waals surface area contributed by atoms with E-state index in [-0.39, 0.29) is 11.2 Å². The molecule has 15 heavy (non-hydrogen) atoms. The molecule has 0 aliphatic heterocycles. The number of nitrogens with zero attached hydrogens (tertiary/aromatic N) is 1. The Hall–Kier alpha value is -1.32. The van der Waals surface area contributed by atoms with Crippen LogP contribution >= 0.6 is 0 Å². The second kappa shape index (κ2) is 4.96. The minimum atomic E-state index is -0.311. The van der Waals surface area contributed by atoms with Gasteiger partial charge in [-0.3, -0.25) is 9.78 Å². The van der Waals surface area contributed by atoms with Crippen LogP contribution in [0.3, 0.4) is 0 Å². The Morgan fingerprint density at radius 1 is 1.40 bits per heavy atom. The van der Waals surface area contributed by atoms with Gasteiger partial charge in [-0.1, -0.05) is 13.8 Å². The van der Waals surface area contributed by atoms with Gasteiger partial charge in [-0.15, -0.1) is 0 Å². The normalized spacial score (nSPS) is 10.9. The van der Waals surface area contributed by atoms with Crippen molar-refractivity contribution in [1.29, 1.82) is 0 Å². The summed E-state index contributed by atoms with van der Waals surface area (Å²) < 4.78 is 1.57. The van der Waals surface area contributed by atoms with E-state index in [2.05, 4.69) is 18.8 Å². The molecule has 0 unspecified atom stereocenters. The van der Waals surface area contributed by atoms with Crippen LogP contribution in [0.2, 0.25) is 0 Å². The molecule has 0 spiro atoms. The third kappa shape index (κ3) is 3.38. The van der Waals surface area contributed by atoms with Crippen LogP contribution in [0, 0.1) is 12.8 Å². The summed E-state index contributed by atoms with van der Waals surface area (Å²) in [5, 5.41) is 0. The smallest absolute Gasteiger partial charge is 0.300 e. The highest BCUT2D eigenvalue weighted by atomic mass is 16.2. The van der Waals surface area contributed by atoms with Crippen LogP contribution in [0.5, 0.6) is 0 Å². The van der Waals surface area contributed by atoms with Crippen LogP contribution in [-0.2, 0) is 6.54 Å². The lowest BCUT2D eigenvalue weighted by Gasteiger charge is -2.07. The molecule has 0 aliphatic carbocycles. The van der Waals surface area contributed by atoms with E-state index in [1.165, 1.54) is 0 Å². The molecule has 1 N–H and O–H groups in total. The van der Waals surface area contributed by atoms with Crippen LogP contribution in [0.15, 0.2) is 15.8 Å². The van der Waals surface area contributed by atoms with E-state index in [4.69, 9.17) is 0 Å². The fourth-order valence-corrected chi connectivity index (χ4v) is 1.45. The SMILES string of the molecule is Cc1cn(CCCC(C)C)c(=O)[nH]c1=O. The van der Waals surface area contributed by atoms with Gasteiger partial charge in [0.05, 0.1) is 0 Å². The van der Waals surface area contributed by atoms with Gasteiger partial charge < -0.3 is 4.57 Å². The van der Waals surface area contributed by atoms with Gasteiger partial charge in [0.2, 0.25) is 0 Å². The average Bonchev–Trinajstić information content (AvgIpc) is 2.13. The first-order valence-electron chi connectivity index (χ1n) is 5.31. The van der Waals surface area contributed by atoms with Gasteiger partial charge in [0, 0.05) is 18.3 Å². The summed E-state index contributed by atoms with van der Waals surface area (Å²) in [6.07, 6.45) is 3.68. The number of hydrogen-bond acceptors (Lipinski definition) is 2. The van der Waals surface area contributed by atoms with Gasteiger partial charge in [-0.25, -0.2) is 4.79 Å². The summed E-state index contributed by atoms with van der Waals surface area (Å²) in [6.45, 7) is 6.69. The largest absolute Gasteiger partial charge is 0.328 e. The van der Waals surface area contributed by atoms with Crippen LogP contribution < -0.4 is 11.2 Å². The number of rotatable bonds is 4. The van der Waals surface area contributed by atoms with Gasteiger partial charge in [0.1, 0.15) is 0 Å². The van der Waals surface area contributed by atoms with Crippen molar-refractivity contribution in [1.82, 2.24) is 9.55 Å². The molecule has 0 amide bonds. The molecule has 4 nitrogen and oxygen atoms in total. The van der Waals surface area contributed by atoms with E-state index in [1.807, 2.05) is 0 Å². The number of hydrogen-bond donors (Lipinski definition) is 1. The van der Waals surface area contributed by atoms with Gasteiger partial charge >= 0.3 is 5.69 Å². The molecular formula is C11H18N2O2. The number of aromatic amines is 1. The van der Waals surface area contributed by atoms with E-state index < -0.39 is 0 Å². The molecule has 4 heteroatoms. The second-order valence-electron chi connectivity index (χ2n) is 4.30. The Balaban J connectivity index is 2.74. The van der Waals surface area contributed by atoms with Crippen molar-refractivity contribution >= 4 is 0 Å². The summed E-state index contributed by atoms with van der Waals surface area (Å²) in [6, 6.07) is 0. The molecule has 0 fully saturated rings. The topological polar surface area (TPSA) is 54.9 Å². The van der Waals surface area contributed by atoms with Crippen LogP contribution in [-0.4, -0.2) is 9.55 Å². The van der Waals surface area contributed by atoms with E-state index in [0.717, 1.165) is 12.8 Å². The number of aromatic nitrogens is 2. The van der Waals surface area contributed by atoms with Crippen LogP contribution in [0.1, 0.15) is 32.3 Å². The fraction of sp³-hybridized carbons (Fsp3) is 0.636. The highest BCUT2D eigenvalue weighted by Crippen LogP contribution is 2.03. The summed E-state index contributed by atoms with van der Waals surface area (Å²) in [4.78, 5) is 24.8. The van der Waals surface area contributed by atoms with E-state index in [1.54, 1.807) is 17.7 Å². The van der Waals surface area contributed by atoms with Gasteiger partial charge in [0.25, 0.3) is 5.56 Å². The molecule has 0 atom stereocenters. The van der Waals surface area contributed by atoms with Crippen molar-refractivity contribution in [3.63, 3.8) is 0 Å². The molecule has 0 aliphatic rings. The molecule has 0 bridgehead atoms. The lowest BCUT2D eigenvalue weighted by atomic mass is 10.1. The average molecular weight is 210 g/mol. The van der Waals surface area contributed by atoms with Gasteiger partial charge in [0.15, 0.2) is 0 Å². The highest BCUT2D eigenvalue weighted by Gasteiger charge is 2.01. The quantitative estimate of drug-likeness (QED) is 0.814. The van der Waals surface area contributed by atoms with E-state index in [0.29, 0.717) is 18.0 Å². The van der Waals surface area contributed by atoms with Crippen LogP contribution in [0.4, 0.5) is 0 Å². The van der Waals surface area contributed by atoms with Crippen molar-refractivity contribution < 1.29 is 0 Å². The first-order chi connectivity index (χ1) is 7.00. The monoisotopic (exact) mass is 210 g/mol. The predicted octanol–water partition coefficient (Wildman–Crippen LogP) is 1.28. The minimum Gasteiger partial charge on any atom is -0.300 e. The van der Waals surface area contributed by atoms with Crippen molar-refractivity contribution in [2.75, 3.05) is 0 Å². The Bertz CT molecular complexity index is 429. The van der Waals surface area contributed by atoms with E-state index >= 15 is 0 Å². The molecule has 0 saturated heterocycles. The first-order valence-corrected chi connectivity index (χ1v) is 5.31. The van der Waals surface area contributed by atoms with Crippen molar-refractivity contribution in [2.24, 2.45) is 5.92 Å². The standard InChI is InChI=1S/C11H18N2O2/c1-8(2)5-4-6-13-7-9(3)10(14)12-11(13)15/h7-8H,4-6H2,1-3H3,(H,12,14,15). The maximum Gasteiger partial charge on any atom is 0.328 e. The number of nitrogens with one attached hydrogen (secondary N) is 1. The number of H-pyrrole nitrogens is 1. The molecular weight excluding hydrogens is 192 g/mol. The molecule has 1 rings (SSSR count). The highest BCUT2D eigenvalue weighted by molar-refractivity contribution is 5.00. The minimum absolute atomic E-state index is 0.292. The van der Waals surface area contributed by atoms with Gasteiger partial charge in [-0.05, 0) is 25.7 Å². The third-order valence-electron chi connectivity index (χ3n) is 2.37. The Labute approximate surface area is 89.0 Å². The Kier molecular flexibility index (Phi) is 3.88. The maximum atomic E-state index is 11.4. The lowest BCUT2D eigenvalue weighted by molar-refractivity contribution is 0.500.